The number of hydrogen-bond acceptors (Lipinski definition) is 3. The second-order valence-electron chi connectivity index (χ2n) is 6.77. The summed E-state index contributed by atoms with van der Waals surface area (Å²) in [6.45, 7) is -0.236. The Balaban J connectivity index is 1.60. The molecule has 2 N–H and O–H groups in total. The molecular formula is C21H22Cl2N2O3. The third-order valence-electron chi connectivity index (χ3n) is 4.64. The van der Waals surface area contributed by atoms with Crippen molar-refractivity contribution in [3.05, 3.63) is 58.1 Å². The number of hydrogen-bond donors (Lipinski definition) is 2. The van der Waals surface area contributed by atoms with Crippen LogP contribution < -0.4 is 15.4 Å². The highest BCUT2D eigenvalue weighted by Gasteiger charge is 2.19. The molecule has 0 heterocycles. The van der Waals surface area contributed by atoms with E-state index in [4.69, 9.17) is 27.9 Å². The Bertz CT molecular complexity index is 851. The van der Waals surface area contributed by atoms with Crippen molar-refractivity contribution in [2.75, 3.05) is 11.9 Å². The molecule has 2 amide bonds. The Morgan fingerprint density at radius 2 is 1.79 bits per heavy atom. The maximum atomic E-state index is 12.6. The monoisotopic (exact) mass is 420 g/mol. The smallest absolute Gasteiger partial charge is 0.262 e. The van der Waals surface area contributed by atoms with Gasteiger partial charge >= 0.3 is 0 Å². The highest BCUT2D eigenvalue weighted by Crippen LogP contribution is 2.27. The van der Waals surface area contributed by atoms with Crippen LogP contribution in [-0.2, 0) is 4.79 Å². The van der Waals surface area contributed by atoms with Gasteiger partial charge in [-0.1, -0.05) is 54.6 Å². The molecule has 0 atom stereocenters. The highest BCUT2D eigenvalue weighted by molar-refractivity contribution is 6.35. The molecule has 0 spiro atoms. The molecule has 0 unspecified atom stereocenters. The zero-order chi connectivity index (χ0) is 19.9. The Hall–Kier alpha value is -2.24. The van der Waals surface area contributed by atoms with Gasteiger partial charge in [-0.25, -0.2) is 0 Å². The lowest BCUT2D eigenvalue weighted by Crippen LogP contribution is -2.36. The van der Waals surface area contributed by atoms with Crippen LogP contribution in [0.4, 0.5) is 5.69 Å². The van der Waals surface area contributed by atoms with Gasteiger partial charge in [0, 0.05) is 11.1 Å². The maximum Gasteiger partial charge on any atom is 0.262 e. The minimum atomic E-state index is -0.385. The van der Waals surface area contributed by atoms with Crippen LogP contribution in [0.1, 0.15) is 42.5 Å². The quantitative estimate of drug-likeness (QED) is 0.684. The van der Waals surface area contributed by atoms with Gasteiger partial charge in [-0.3, -0.25) is 9.59 Å². The Kier molecular flexibility index (Phi) is 7.18. The van der Waals surface area contributed by atoms with Gasteiger partial charge in [-0.2, -0.15) is 0 Å². The first-order chi connectivity index (χ1) is 13.5. The summed E-state index contributed by atoms with van der Waals surface area (Å²) >= 11 is 11.9. The van der Waals surface area contributed by atoms with E-state index >= 15 is 0 Å². The van der Waals surface area contributed by atoms with Crippen molar-refractivity contribution in [2.45, 2.75) is 38.1 Å². The second-order valence-corrected chi connectivity index (χ2v) is 7.61. The summed E-state index contributed by atoms with van der Waals surface area (Å²) in [4.78, 5) is 24.9. The third kappa shape index (κ3) is 5.63. The molecule has 28 heavy (non-hydrogen) atoms. The van der Waals surface area contributed by atoms with Gasteiger partial charge in [0.25, 0.3) is 11.8 Å². The van der Waals surface area contributed by atoms with Crippen molar-refractivity contribution in [1.29, 1.82) is 0 Å². The van der Waals surface area contributed by atoms with Crippen LogP contribution in [0.5, 0.6) is 5.75 Å². The summed E-state index contributed by atoms with van der Waals surface area (Å²) in [5.41, 5.74) is 0.887. The van der Waals surface area contributed by atoms with Crippen molar-refractivity contribution in [3.63, 3.8) is 0 Å². The fourth-order valence-electron chi connectivity index (χ4n) is 3.22. The molecule has 7 heteroatoms. The fourth-order valence-corrected chi connectivity index (χ4v) is 3.69. The van der Waals surface area contributed by atoms with Gasteiger partial charge < -0.3 is 15.4 Å². The predicted octanol–water partition coefficient (Wildman–Crippen LogP) is 5.07. The van der Waals surface area contributed by atoms with E-state index in [-0.39, 0.29) is 24.5 Å². The summed E-state index contributed by atoms with van der Waals surface area (Å²) in [6, 6.07) is 11.9. The van der Waals surface area contributed by atoms with Crippen LogP contribution in [0.25, 0.3) is 0 Å². The van der Waals surface area contributed by atoms with E-state index in [0.717, 1.165) is 25.7 Å². The number of nitrogens with one attached hydrogen (secondary N) is 2. The zero-order valence-electron chi connectivity index (χ0n) is 15.3. The fraction of sp³-hybridized carbons (Fsp3) is 0.333. The largest absolute Gasteiger partial charge is 0.482 e. The molecule has 5 nitrogen and oxygen atoms in total. The van der Waals surface area contributed by atoms with Gasteiger partial charge in [0.2, 0.25) is 0 Å². The lowest BCUT2D eigenvalue weighted by atomic mass is 9.95. The van der Waals surface area contributed by atoms with E-state index in [2.05, 4.69) is 10.6 Å². The Morgan fingerprint density at radius 1 is 1.04 bits per heavy atom. The zero-order valence-corrected chi connectivity index (χ0v) is 16.9. The van der Waals surface area contributed by atoms with E-state index in [1.807, 2.05) is 0 Å². The number of benzene rings is 2. The Labute approximate surface area is 174 Å². The van der Waals surface area contributed by atoms with E-state index in [0.29, 0.717) is 27.0 Å². The van der Waals surface area contributed by atoms with Crippen LogP contribution in [0.15, 0.2) is 42.5 Å². The number of halogens is 2. The molecule has 1 fully saturated rings. The van der Waals surface area contributed by atoms with Crippen LogP contribution in [0, 0.1) is 0 Å². The van der Waals surface area contributed by atoms with Crippen molar-refractivity contribution in [3.8, 4) is 5.75 Å². The standard InChI is InChI=1S/C21H22Cl2N2O3/c22-14-10-11-19(17(23)12-14)28-13-20(26)25-18-9-5-4-8-16(18)21(27)24-15-6-2-1-3-7-15/h4-5,8-12,15H,1-3,6-7,13H2,(H,24,27)(H,25,26). The predicted molar refractivity (Wildman–Crippen MR) is 111 cm³/mol. The van der Waals surface area contributed by atoms with Crippen LogP contribution in [-0.4, -0.2) is 24.5 Å². The van der Waals surface area contributed by atoms with Crippen molar-refractivity contribution in [1.82, 2.24) is 5.32 Å². The topological polar surface area (TPSA) is 67.4 Å². The molecule has 0 aliphatic heterocycles. The molecular weight excluding hydrogens is 399 g/mol. The number of anilines is 1. The average molecular weight is 421 g/mol. The second kappa shape index (κ2) is 9.80. The summed E-state index contributed by atoms with van der Waals surface area (Å²) in [5.74, 6) is -0.196. The normalized spacial score (nSPS) is 14.4. The van der Waals surface area contributed by atoms with E-state index in [1.165, 1.54) is 6.42 Å². The molecule has 0 bridgehead atoms. The lowest BCUT2D eigenvalue weighted by Gasteiger charge is -2.23. The van der Waals surface area contributed by atoms with Crippen LogP contribution in [0.2, 0.25) is 10.0 Å². The van der Waals surface area contributed by atoms with Crippen molar-refractivity contribution >= 4 is 40.7 Å². The minimum absolute atomic E-state index is 0.176. The molecule has 0 radical (unpaired) electrons. The first kappa shape index (κ1) is 20.5. The molecule has 2 aromatic rings. The summed E-state index contributed by atoms with van der Waals surface area (Å²) in [7, 11) is 0. The molecule has 1 saturated carbocycles. The molecule has 1 aliphatic rings. The molecule has 1 aliphatic carbocycles. The average Bonchev–Trinajstić information content (AvgIpc) is 2.68. The van der Waals surface area contributed by atoms with Gasteiger partial charge in [0.15, 0.2) is 6.61 Å². The van der Waals surface area contributed by atoms with Gasteiger partial charge in [-0.15, -0.1) is 0 Å². The van der Waals surface area contributed by atoms with Gasteiger partial charge in [0.05, 0.1) is 16.3 Å². The van der Waals surface area contributed by atoms with Crippen molar-refractivity contribution < 1.29 is 14.3 Å². The third-order valence-corrected chi connectivity index (χ3v) is 5.17. The number of rotatable bonds is 6. The molecule has 3 rings (SSSR count). The number of amides is 2. The summed E-state index contributed by atoms with van der Waals surface area (Å²) < 4.78 is 5.44. The molecule has 2 aromatic carbocycles. The van der Waals surface area contributed by atoms with Gasteiger partial charge in [0.1, 0.15) is 5.75 Å². The number of para-hydroxylation sites is 1. The summed E-state index contributed by atoms with van der Waals surface area (Å²) in [6.07, 6.45) is 5.48. The lowest BCUT2D eigenvalue weighted by molar-refractivity contribution is -0.118. The SMILES string of the molecule is O=C(COc1ccc(Cl)cc1Cl)Nc1ccccc1C(=O)NC1CCCCC1. The molecule has 0 aromatic heterocycles. The molecule has 0 saturated heterocycles. The van der Waals surface area contributed by atoms with E-state index in [9.17, 15) is 9.59 Å². The van der Waals surface area contributed by atoms with Crippen LogP contribution in [0.3, 0.4) is 0 Å². The maximum absolute atomic E-state index is 12.6. The van der Waals surface area contributed by atoms with Crippen LogP contribution >= 0.6 is 23.2 Å². The van der Waals surface area contributed by atoms with E-state index < -0.39 is 0 Å². The van der Waals surface area contributed by atoms with E-state index in [1.54, 1.807) is 42.5 Å². The highest BCUT2D eigenvalue weighted by atomic mass is 35.5. The minimum Gasteiger partial charge on any atom is -0.482 e. The molecule has 148 valence electrons. The number of carbonyl (C=O) groups is 2. The van der Waals surface area contributed by atoms with Crippen molar-refractivity contribution in [2.24, 2.45) is 0 Å². The van der Waals surface area contributed by atoms with Gasteiger partial charge in [-0.05, 0) is 43.2 Å². The number of carbonyl (C=O) groups excluding carboxylic acids is 2. The number of ether oxygens (including phenoxy) is 1. The first-order valence-corrected chi connectivity index (χ1v) is 10.1. The Morgan fingerprint density at radius 3 is 2.54 bits per heavy atom. The first-order valence-electron chi connectivity index (χ1n) is 9.30. The summed E-state index contributed by atoms with van der Waals surface area (Å²) in [5, 5.41) is 6.62.